The second-order valence-electron chi connectivity index (χ2n) is 5.55. The molecule has 1 saturated carbocycles. The average molecular weight is 295 g/mol. The van der Waals surface area contributed by atoms with Crippen molar-refractivity contribution in [3.63, 3.8) is 0 Å². The van der Waals surface area contributed by atoms with E-state index in [0.717, 1.165) is 12.8 Å². The minimum Gasteiger partial charge on any atom is -0.467 e. The van der Waals surface area contributed by atoms with Crippen molar-refractivity contribution in [3.8, 4) is 0 Å². The minimum absolute atomic E-state index is 0.182. The third-order valence-corrected chi connectivity index (χ3v) is 3.96. The normalized spacial score (nSPS) is 19.1. The Morgan fingerprint density at radius 1 is 1.48 bits per heavy atom. The molecule has 1 heterocycles. The Bertz CT molecular complexity index is 412. The highest BCUT2D eigenvalue weighted by Gasteiger charge is 2.26. The number of carbonyl (C=O) groups excluding carboxylic acids is 1. The molecule has 5 heteroatoms. The van der Waals surface area contributed by atoms with Gasteiger partial charge in [0.15, 0.2) is 0 Å². The van der Waals surface area contributed by atoms with Crippen LogP contribution in [0.4, 0.5) is 0 Å². The quantitative estimate of drug-likeness (QED) is 0.811. The van der Waals surface area contributed by atoms with Crippen molar-refractivity contribution in [2.24, 2.45) is 0 Å². The molecule has 2 unspecified atom stereocenters. The number of hydrogen-bond donors (Lipinski definition) is 2. The fourth-order valence-corrected chi connectivity index (χ4v) is 2.74. The fraction of sp³-hybridized carbons (Fsp3) is 0.688. The summed E-state index contributed by atoms with van der Waals surface area (Å²) in [6, 6.07) is 2.96. The van der Waals surface area contributed by atoms with Gasteiger partial charge in [-0.25, -0.2) is 0 Å². The number of amides is 1. The monoisotopic (exact) mass is 295 g/mol. The molecule has 2 atom stereocenters. The van der Waals surface area contributed by atoms with Gasteiger partial charge in [0.2, 0.25) is 5.91 Å². The predicted molar refractivity (Wildman–Crippen MR) is 78.7 cm³/mol. The molecule has 0 aliphatic heterocycles. The lowest BCUT2D eigenvalue weighted by molar-refractivity contribution is -0.139. The van der Waals surface area contributed by atoms with Crippen molar-refractivity contribution in [3.05, 3.63) is 24.2 Å². The van der Waals surface area contributed by atoms with Crippen LogP contribution in [-0.4, -0.2) is 29.8 Å². The smallest absolute Gasteiger partial charge is 0.249 e. The number of carbonyl (C=O) groups is 1. The number of rotatable bonds is 7. The first-order valence-electron chi connectivity index (χ1n) is 7.84. The molecular formula is C16H25NO4. The van der Waals surface area contributed by atoms with Crippen molar-refractivity contribution in [1.82, 2.24) is 5.32 Å². The molecule has 1 amide bonds. The maximum Gasteiger partial charge on any atom is 0.249 e. The lowest BCUT2D eigenvalue weighted by Gasteiger charge is -2.27. The SMILES string of the molecule is CCC(OC1CCCCC1)C(=O)NC(CO)c1ccco1. The second-order valence-corrected chi connectivity index (χ2v) is 5.55. The third kappa shape index (κ3) is 4.58. The van der Waals surface area contributed by atoms with Gasteiger partial charge in [0, 0.05) is 0 Å². The molecule has 1 aromatic rings. The first kappa shape index (κ1) is 16.0. The van der Waals surface area contributed by atoms with Crippen LogP contribution in [0.1, 0.15) is 57.3 Å². The molecule has 0 radical (unpaired) electrons. The standard InChI is InChI=1S/C16H25NO4/c1-2-14(21-12-7-4-3-5-8-12)16(19)17-13(11-18)15-9-6-10-20-15/h6,9-10,12-14,18H,2-5,7-8,11H2,1H3,(H,17,19). The highest BCUT2D eigenvalue weighted by atomic mass is 16.5. The Labute approximate surface area is 125 Å². The minimum atomic E-state index is -0.517. The molecule has 0 aromatic carbocycles. The molecule has 118 valence electrons. The Balaban J connectivity index is 1.89. The zero-order chi connectivity index (χ0) is 15.1. The number of furan rings is 1. The Hall–Kier alpha value is -1.33. The molecule has 0 bridgehead atoms. The number of hydrogen-bond acceptors (Lipinski definition) is 4. The van der Waals surface area contributed by atoms with Crippen LogP contribution in [0.2, 0.25) is 0 Å². The first-order valence-corrected chi connectivity index (χ1v) is 7.84. The fourth-order valence-electron chi connectivity index (χ4n) is 2.74. The summed E-state index contributed by atoms with van der Waals surface area (Å²) in [7, 11) is 0. The topological polar surface area (TPSA) is 71.7 Å². The van der Waals surface area contributed by atoms with E-state index in [9.17, 15) is 9.90 Å². The van der Waals surface area contributed by atoms with Crippen molar-refractivity contribution in [2.45, 2.75) is 63.7 Å². The maximum absolute atomic E-state index is 12.3. The van der Waals surface area contributed by atoms with Crippen LogP contribution in [-0.2, 0) is 9.53 Å². The highest BCUT2D eigenvalue weighted by molar-refractivity contribution is 5.81. The van der Waals surface area contributed by atoms with Gasteiger partial charge in [0.05, 0.1) is 19.0 Å². The summed E-state index contributed by atoms with van der Waals surface area (Å²) in [6.07, 6.45) is 7.55. The van der Waals surface area contributed by atoms with Gasteiger partial charge in [-0.2, -0.15) is 0 Å². The predicted octanol–water partition coefficient (Wildman–Crippen LogP) is 2.56. The Morgan fingerprint density at radius 3 is 2.81 bits per heavy atom. The van der Waals surface area contributed by atoms with Gasteiger partial charge in [-0.3, -0.25) is 4.79 Å². The molecule has 1 aliphatic carbocycles. The molecule has 5 nitrogen and oxygen atoms in total. The van der Waals surface area contributed by atoms with Gasteiger partial charge >= 0.3 is 0 Å². The van der Waals surface area contributed by atoms with E-state index in [1.165, 1.54) is 25.5 Å². The van der Waals surface area contributed by atoms with Crippen LogP contribution in [0.25, 0.3) is 0 Å². The number of ether oxygens (including phenoxy) is 1. The molecular weight excluding hydrogens is 270 g/mol. The van der Waals surface area contributed by atoms with E-state index in [1.807, 2.05) is 6.92 Å². The van der Waals surface area contributed by atoms with E-state index in [4.69, 9.17) is 9.15 Å². The molecule has 1 aliphatic rings. The van der Waals surface area contributed by atoms with Crippen molar-refractivity contribution in [1.29, 1.82) is 0 Å². The number of nitrogens with one attached hydrogen (secondary N) is 1. The van der Waals surface area contributed by atoms with Gasteiger partial charge in [-0.05, 0) is 31.4 Å². The van der Waals surface area contributed by atoms with E-state index < -0.39 is 12.1 Å². The first-order chi connectivity index (χ1) is 10.2. The van der Waals surface area contributed by atoms with Gasteiger partial charge in [0.25, 0.3) is 0 Å². The zero-order valence-corrected chi connectivity index (χ0v) is 12.6. The zero-order valence-electron chi connectivity index (χ0n) is 12.6. The summed E-state index contributed by atoms with van der Waals surface area (Å²) in [5.74, 6) is 0.372. The van der Waals surface area contributed by atoms with Crippen LogP contribution < -0.4 is 5.32 Å². The summed E-state index contributed by atoms with van der Waals surface area (Å²) in [5, 5.41) is 12.2. The van der Waals surface area contributed by atoms with Crippen LogP contribution in [0.3, 0.4) is 0 Å². The molecule has 1 fully saturated rings. The lowest BCUT2D eigenvalue weighted by Crippen LogP contribution is -2.41. The van der Waals surface area contributed by atoms with Gasteiger partial charge in [0.1, 0.15) is 17.9 Å². The lowest BCUT2D eigenvalue weighted by atomic mass is 9.97. The highest BCUT2D eigenvalue weighted by Crippen LogP contribution is 2.22. The van der Waals surface area contributed by atoms with Gasteiger partial charge < -0.3 is 19.6 Å². The summed E-state index contributed by atoms with van der Waals surface area (Å²) in [4.78, 5) is 12.3. The van der Waals surface area contributed by atoms with E-state index >= 15 is 0 Å². The molecule has 2 N–H and O–H groups in total. The summed E-state index contributed by atoms with van der Waals surface area (Å²) >= 11 is 0. The number of aliphatic hydroxyl groups is 1. The van der Waals surface area contributed by atoms with Crippen LogP contribution >= 0.6 is 0 Å². The average Bonchev–Trinajstić information content (AvgIpc) is 3.05. The Morgan fingerprint density at radius 2 is 2.24 bits per heavy atom. The van der Waals surface area contributed by atoms with Gasteiger partial charge in [-0.15, -0.1) is 0 Å². The van der Waals surface area contributed by atoms with E-state index in [1.54, 1.807) is 12.1 Å². The van der Waals surface area contributed by atoms with Crippen molar-refractivity contribution < 1.29 is 19.1 Å². The molecule has 0 saturated heterocycles. The summed E-state index contributed by atoms with van der Waals surface area (Å²) < 4.78 is 11.2. The van der Waals surface area contributed by atoms with Gasteiger partial charge in [-0.1, -0.05) is 26.2 Å². The van der Waals surface area contributed by atoms with E-state index in [-0.39, 0.29) is 18.6 Å². The van der Waals surface area contributed by atoms with Crippen LogP contribution in [0, 0.1) is 0 Å². The maximum atomic E-state index is 12.3. The molecule has 0 spiro atoms. The molecule has 2 rings (SSSR count). The molecule has 1 aromatic heterocycles. The molecule has 21 heavy (non-hydrogen) atoms. The largest absolute Gasteiger partial charge is 0.467 e. The number of aliphatic hydroxyl groups excluding tert-OH is 1. The van der Waals surface area contributed by atoms with Crippen molar-refractivity contribution in [2.75, 3.05) is 6.61 Å². The Kier molecular flexibility index (Phi) is 6.26. The van der Waals surface area contributed by atoms with Crippen LogP contribution in [0.5, 0.6) is 0 Å². The second kappa shape index (κ2) is 8.20. The third-order valence-electron chi connectivity index (χ3n) is 3.96. The van der Waals surface area contributed by atoms with Crippen LogP contribution in [0.15, 0.2) is 22.8 Å². The van der Waals surface area contributed by atoms with Crippen molar-refractivity contribution >= 4 is 5.91 Å². The summed E-state index contributed by atoms with van der Waals surface area (Å²) in [5.41, 5.74) is 0. The van der Waals surface area contributed by atoms with E-state index in [2.05, 4.69) is 5.32 Å². The summed E-state index contributed by atoms with van der Waals surface area (Å²) in [6.45, 7) is 1.74. The van der Waals surface area contributed by atoms with E-state index in [0.29, 0.717) is 12.2 Å².